The largest absolute Gasteiger partial charge is 0.489 e. The van der Waals surface area contributed by atoms with Gasteiger partial charge in [-0.15, -0.1) is 0 Å². The first kappa shape index (κ1) is 22.4. The Hall–Kier alpha value is -4.44. The van der Waals surface area contributed by atoms with Crippen molar-refractivity contribution < 1.29 is 9.53 Å². The Morgan fingerprint density at radius 2 is 1.91 bits per heavy atom. The van der Waals surface area contributed by atoms with Crippen LogP contribution in [0.2, 0.25) is 0 Å². The maximum atomic E-state index is 13.0. The highest BCUT2D eigenvalue weighted by Crippen LogP contribution is 2.35. The molecule has 1 N–H and O–H groups in total. The number of nitrogens with one attached hydrogen (secondary N) is 1. The molecule has 0 aliphatic heterocycles. The second kappa shape index (κ2) is 9.82. The maximum Gasteiger partial charge on any atom is 0.261 e. The van der Waals surface area contributed by atoms with E-state index < -0.39 is 0 Å². The molecule has 35 heavy (non-hydrogen) atoms. The minimum absolute atomic E-state index is 0.0290. The van der Waals surface area contributed by atoms with Gasteiger partial charge in [0.2, 0.25) is 5.91 Å². The van der Waals surface area contributed by atoms with Crippen molar-refractivity contribution in [3.8, 4) is 11.8 Å². The first-order valence-corrected chi connectivity index (χ1v) is 11.6. The van der Waals surface area contributed by atoms with Crippen molar-refractivity contribution in [1.82, 2.24) is 9.55 Å². The summed E-state index contributed by atoms with van der Waals surface area (Å²) < 4.78 is 7.61. The number of benzene rings is 3. The van der Waals surface area contributed by atoms with Gasteiger partial charge < -0.3 is 10.1 Å². The zero-order chi connectivity index (χ0) is 24.2. The number of hydrogen-bond donors (Lipinski definition) is 1. The highest BCUT2D eigenvalue weighted by Gasteiger charge is 2.28. The Bertz CT molecular complexity index is 1500. The highest BCUT2D eigenvalue weighted by atomic mass is 16.5. The van der Waals surface area contributed by atoms with Crippen LogP contribution in [-0.4, -0.2) is 15.5 Å². The number of aromatic nitrogens is 2. The normalized spacial score (nSPS) is 12.8. The molecule has 0 spiro atoms. The summed E-state index contributed by atoms with van der Waals surface area (Å²) in [5, 5.41) is 12.6. The number of para-hydroxylation sites is 1. The fraction of sp³-hybridized carbons (Fsp3) is 0.214. The molecule has 1 aliphatic rings. The Morgan fingerprint density at radius 3 is 2.74 bits per heavy atom. The van der Waals surface area contributed by atoms with Gasteiger partial charge in [-0.25, -0.2) is 4.98 Å². The number of carbonyl (C=O) groups is 1. The molecule has 0 bridgehead atoms. The van der Waals surface area contributed by atoms with E-state index >= 15 is 0 Å². The first-order valence-electron chi connectivity index (χ1n) is 11.6. The van der Waals surface area contributed by atoms with Gasteiger partial charge in [-0.05, 0) is 54.8 Å². The lowest BCUT2D eigenvalue weighted by molar-refractivity contribution is -0.116. The van der Waals surface area contributed by atoms with Crippen LogP contribution in [0.3, 0.4) is 0 Å². The molecule has 3 aromatic carbocycles. The lowest BCUT2D eigenvalue weighted by Crippen LogP contribution is -2.25. The van der Waals surface area contributed by atoms with Crippen molar-refractivity contribution in [2.75, 3.05) is 5.32 Å². The van der Waals surface area contributed by atoms with Crippen LogP contribution in [0.4, 0.5) is 5.69 Å². The van der Waals surface area contributed by atoms with Crippen molar-refractivity contribution in [1.29, 1.82) is 5.26 Å². The third-order valence-corrected chi connectivity index (χ3v) is 5.95. The third-order valence-electron chi connectivity index (χ3n) is 5.95. The number of aryl methyl sites for hydroxylation is 1. The van der Waals surface area contributed by atoms with E-state index in [9.17, 15) is 9.59 Å². The Labute approximate surface area is 202 Å². The van der Waals surface area contributed by atoms with Crippen LogP contribution in [0.1, 0.15) is 42.3 Å². The van der Waals surface area contributed by atoms with Gasteiger partial charge >= 0.3 is 0 Å². The summed E-state index contributed by atoms with van der Waals surface area (Å²) in [6.07, 6.45) is 2.52. The summed E-state index contributed by atoms with van der Waals surface area (Å²) >= 11 is 0. The molecule has 0 unspecified atom stereocenters. The van der Waals surface area contributed by atoms with Crippen molar-refractivity contribution in [3.05, 3.63) is 100 Å². The molecule has 1 amide bonds. The van der Waals surface area contributed by atoms with Crippen molar-refractivity contribution in [2.45, 2.75) is 38.3 Å². The molecule has 1 aliphatic carbocycles. The lowest BCUT2D eigenvalue weighted by atomic mass is 10.1. The molecule has 174 valence electrons. The second-order valence-corrected chi connectivity index (χ2v) is 8.63. The predicted molar refractivity (Wildman–Crippen MR) is 133 cm³/mol. The average Bonchev–Trinajstić information content (AvgIpc) is 3.72. The lowest BCUT2D eigenvalue weighted by Gasteiger charge is -2.13. The van der Waals surface area contributed by atoms with Gasteiger partial charge in [-0.2, -0.15) is 5.26 Å². The fourth-order valence-corrected chi connectivity index (χ4v) is 4.09. The van der Waals surface area contributed by atoms with Crippen LogP contribution in [0.5, 0.6) is 5.75 Å². The number of hydrogen-bond acceptors (Lipinski definition) is 5. The number of ether oxygens (including phenoxy) is 1. The van der Waals surface area contributed by atoms with Gasteiger partial charge in [-0.1, -0.05) is 30.3 Å². The molecule has 1 aromatic heterocycles. The van der Waals surface area contributed by atoms with Crippen LogP contribution in [0.15, 0.2) is 77.6 Å². The van der Waals surface area contributed by atoms with Crippen molar-refractivity contribution >= 4 is 22.5 Å². The van der Waals surface area contributed by atoms with E-state index in [0.717, 1.165) is 18.4 Å². The number of nitrogens with zero attached hydrogens (tertiary/aromatic N) is 3. The molecular weight excluding hydrogens is 440 g/mol. The van der Waals surface area contributed by atoms with Crippen molar-refractivity contribution in [2.24, 2.45) is 0 Å². The smallest absolute Gasteiger partial charge is 0.261 e. The van der Waals surface area contributed by atoms with E-state index in [1.165, 1.54) is 0 Å². The van der Waals surface area contributed by atoms with E-state index in [0.29, 0.717) is 46.8 Å². The zero-order valence-corrected chi connectivity index (χ0v) is 19.1. The van der Waals surface area contributed by atoms with E-state index in [2.05, 4.69) is 11.4 Å². The van der Waals surface area contributed by atoms with E-state index in [4.69, 9.17) is 15.0 Å². The van der Waals surface area contributed by atoms with E-state index in [-0.39, 0.29) is 23.9 Å². The highest BCUT2D eigenvalue weighted by molar-refractivity contribution is 5.91. The summed E-state index contributed by atoms with van der Waals surface area (Å²) in [5.41, 5.74) is 2.74. The topological polar surface area (TPSA) is 97.0 Å². The monoisotopic (exact) mass is 464 g/mol. The molecular formula is C28H24N4O3. The van der Waals surface area contributed by atoms with Gasteiger partial charge in [-0.3, -0.25) is 14.2 Å². The van der Waals surface area contributed by atoms with Gasteiger partial charge in [0.25, 0.3) is 5.56 Å². The number of anilines is 1. The number of fused-ring (bicyclic) bond motifs is 1. The Kier molecular flexibility index (Phi) is 6.27. The van der Waals surface area contributed by atoms with Crippen LogP contribution >= 0.6 is 0 Å². The average molecular weight is 465 g/mol. The molecule has 4 aromatic rings. The Balaban J connectivity index is 1.23. The summed E-state index contributed by atoms with van der Waals surface area (Å²) in [4.78, 5) is 30.4. The van der Waals surface area contributed by atoms with Gasteiger partial charge in [0.1, 0.15) is 18.2 Å². The quantitative estimate of drug-likeness (QED) is 0.406. The molecule has 1 fully saturated rings. The fourth-order valence-electron chi connectivity index (χ4n) is 4.09. The molecule has 5 rings (SSSR count). The van der Waals surface area contributed by atoms with Gasteiger partial charge in [0.05, 0.1) is 22.5 Å². The van der Waals surface area contributed by atoms with E-state index in [1.54, 1.807) is 34.9 Å². The molecule has 0 saturated heterocycles. The molecule has 7 heteroatoms. The maximum absolute atomic E-state index is 13.0. The number of rotatable bonds is 8. The van der Waals surface area contributed by atoms with Crippen LogP contribution in [0, 0.1) is 11.3 Å². The van der Waals surface area contributed by atoms with Crippen LogP contribution in [-0.2, 0) is 17.8 Å². The van der Waals surface area contributed by atoms with Crippen LogP contribution < -0.4 is 15.6 Å². The number of carbonyl (C=O) groups excluding carboxylic acids is 1. The molecule has 0 radical (unpaired) electrons. The summed E-state index contributed by atoms with van der Waals surface area (Å²) in [7, 11) is 0. The summed E-state index contributed by atoms with van der Waals surface area (Å²) in [6, 6.07) is 24.1. The third kappa shape index (κ3) is 5.22. The van der Waals surface area contributed by atoms with Crippen LogP contribution in [0.25, 0.3) is 10.9 Å². The van der Waals surface area contributed by atoms with E-state index in [1.807, 2.05) is 42.5 Å². The number of nitriles is 1. The van der Waals surface area contributed by atoms with Gasteiger partial charge in [0.15, 0.2) is 0 Å². The molecule has 1 saturated carbocycles. The predicted octanol–water partition coefficient (Wildman–Crippen LogP) is 4.75. The summed E-state index contributed by atoms with van der Waals surface area (Å²) in [6.45, 7) is 0.319. The minimum Gasteiger partial charge on any atom is -0.489 e. The van der Waals surface area contributed by atoms with Gasteiger partial charge in [0, 0.05) is 30.6 Å². The first-order chi connectivity index (χ1) is 17.1. The Morgan fingerprint density at radius 1 is 1.09 bits per heavy atom. The minimum atomic E-state index is -0.159. The van der Waals surface area contributed by atoms with Crippen molar-refractivity contribution in [3.63, 3.8) is 0 Å². The number of amides is 1. The standard InChI is InChI=1S/C28H24N4O3/c29-17-19-5-3-6-20(15-19)18-35-23-8-4-7-21(16-23)30-27(33)14-13-26-31-25-10-2-1-9-24(25)28(34)32(26)22-11-12-22/h1-10,15-16,22H,11-14,18H2,(H,30,33). The SMILES string of the molecule is N#Cc1cccc(COc2cccc(NC(=O)CCc3nc4ccccc4c(=O)n3C3CC3)c2)c1. The molecule has 0 atom stereocenters. The summed E-state index contributed by atoms with van der Waals surface area (Å²) in [5.74, 6) is 1.11. The molecule has 7 nitrogen and oxygen atoms in total. The molecule has 1 heterocycles. The second-order valence-electron chi connectivity index (χ2n) is 8.63. The zero-order valence-electron chi connectivity index (χ0n) is 19.1.